The van der Waals surface area contributed by atoms with Crippen molar-refractivity contribution in [2.24, 2.45) is 0 Å². The Bertz CT molecular complexity index is 634. The smallest absolute Gasteiger partial charge is 0.262 e. The molecule has 0 aromatic heterocycles. The summed E-state index contributed by atoms with van der Waals surface area (Å²) in [5.41, 5.74) is 6.16. The number of nitrogen functional groups attached to an aromatic ring is 1. The largest absolute Gasteiger partial charge is 0.484 e. The monoisotopic (exact) mass is 338 g/mol. The van der Waals surface area contributed by atoms with Gasteiger partial charge in [0.1, 0.15) is 11.6 Å². The average molecular weight is 339 g/mol. The maximum absolute atomic E-state index is 13.0. The molecule has 0 bridgehead atoms. The third-order valence-electron chi connectivity index (χ3n) is 2.46. The molecule has 0 saturated heterocycles. The fourth-order valence-corrected chi connectivity index (χ4v) is 1.91. The van der Waals surface area contributed by atoms with E-state index >= 15 is 0 Å². The Morgan fingerprint density at radius 3 is 2.85 bits per heavy atom. The van der Waals surface area contributed by atoms with Crippen molar-refractivity contribution in [1.29, 1.82) is 0 Å². The van der Waals surface area contributed by atoms with Crippen LogP contribution in [0.5, 0.6) is 5.75 Å². The zero-order valence-corrected chi connectivity index (χ0v) is 12.0. The van der Waals surface area contributed by atoms with E-state index in [4.69, 9.17) is 10.5 Å². The molecule has 2 aromatic carbocycles. The van der Waals surface area contributed by atoms with Crippen LogP contribution in [0.15, 0.2) is 46.9 Å². The van der Waals surface area contributed by atoms with Crippen LogP contribution in [0.2, 0.25) is 0 Å². The van der Waals surface area contributed by atoms with Crippen molar-refractivity contribution < 1.29 is 13.9 Å². The number of benzene rings is 2. The SMILES string of the molecule is Nc1ccc(F)cc1NC(=O)COc1cccc(Br)c1. The first-order valence-corrected chi connectivity index (χ1v) is 6.57. The van der Waals surface area contributed by atoms with E-state index in [1.165, 1.54) is 12.1 Å². The van der Waals surface area contributed by atoms with Crippen LogP contribution in [0.3, 0.4) is 0 Å². The molecule has 0 spiro atoms. The van der Waals surface area contributed by atoms with E-state index in [0.29, 0.717) is 11.4 Å². The molecule has 0 aliphatic rings. The Balaban J connectivity index is 1.94. The van der Waals surface area contributed by atoms with Gasteiger partial charge in [-0.3, -0.25) is 4.79 Å². The molecule has 0 heterocycles. The van der Waals surface area contributed by atoms with Crippen LogP contribution in [0.1, 0.15) is 0 Å². The molecule has 0 aliphatic heterocycles. The summed E-state index contributed by atoms with van der Waals surface area (Å²) in [6.45, 7) is -0.188. The number of carbonyl (C=O) groups is 1. The molecule has 2 rings (SSSR count). The van der Waals surface area contributed by atoms with Crippen molar-refractivity contribution in [3.8, 4) is 5.75 Å². The lowest BCUT2D eigenvalue weighted by molar-refractivity contribution is -0.118. The lowest BCUT2D eigenvalue weighted by Crippen LogP contribution is -2.20. The van der Waals surface area contributed by atoms with Gasteiger partial charge in [0.25, 0.3) is 5.91 Å². The third-order valence-corrected chi connectivity index (χ3v) is 2.95. The van der Waals surface area contributed by atoms with Gasteiger partial charge in [0.05, 0.1) is 11.4 Å². The number of ether oxygens (including phenoxy) is 1. The lowest BCUT2D eigenvalue weighted by atomic mass is 10.2. The molecule has 0 fully saturated rings. The van der Waals surface area contributed by atoms with Crippen LogP contribution in [-0.4, -0.2) is 12.5 Å². The van der Waals surface area contributed by atoms with Crippen LogP contribution in [0, 0.1) is 5.82 Å². The van der Waals surface area contributed by atoms with E-state index in [0.717, 1.165) is 10.5 Å². The lowest BCUT2D eigenvalue weighted by Gasteiger charge is -2.09. The standard InChI is InChI=1S/C14H12BrFN2O2/c15-9-2-1-3-11(6-9)20-8-14(19)18-13-7-10(16)4-5-12(13)17/h1-7H,8,17H2,(H,18,19). The van der Waals surface area contributed by atoms with Crippen molar-refractivity contribution in [2.75, 3.05) is 17.7 Å². The van der Waals surface area contributed by atoms with E-state index < -0.39 is 11.7 Å². The number of hydrogen-bond acceptors (Lipinski definition) is 3. The molecule has 0 aliphatic carbocycles. The van der Waals surface area contributed by atoms with Crippen molar-refractivity contribution in [1.82, 2.24) is 0 Å². The fraction of sp³-hybridized carbons (Fsp3) is 0.0714. The highest BCUT2D eigenvalue weighted by Crippen LogP contribution is 2.20. The molecule has 6 heteroatoms. The predicted octanol–water partition coefficient (Wildman–Crippen LogP) is 3.19. The summed E-state index contributed by atoms with van der Waals surface area (Å²) >= 11 is 3.30. The minimum atomic E-state index is -0.470. The highest BCUT2D eigenvalue weighted by molar-refractivity contribution is 9.10. The fourth-order valence-electron chi connectivity index (χ4n) is 1.53. The molecule has 20 heavy (non-hydrogen) atoms. The molecular weight excluding hydrogens is 327 g/mol. The summed E-state index contributed by atoms with van der Waals surface area (Å²) in [4.78, 5) is 11.7. The maximum atomic E-state index is 13.0. The van der Waals surface area contributed by atoms with Gasteiger partial charge in [0, 0.05) is 4.47 Å². The number of anilines is 2. The first-order chi connectivity index (χ1) is 9.54. The van der Waals surface area contributed by atoms with Gasteiger partial charge in [0.15, 0.2) is 6.61 Å². The average Bonchev–Trinajstić information content (AvgIpc) is 2.41. The number of amides is 1. The molecule has 3 N–H and O–H groups in total. The van der Waals surface area contributed by atoms with Gasteiger partial charge < -0.3 is 15.8 Å². The second kappa shape index (κ2) is 6.38. The number of nitrogens with two attached hydrogens (primary N) is 1. The molecule has 1 amide bonds. The summed E-state index contributed by atoms with van der Waals surface area (Å²) in [7, 11) is 0. The highest BCUT2D eigenvalue weighted by atomic mass is 79.9. The molecule has 104 valence electrons. The van der Waals surface area contributed by atoms with E-state index in [2.05, 4.69) is 21.2 Å². The van der Waals surface area contributed by atoms with Gasteiger partial charge in [0.2, 0.25) is 0 Å². The number of nitrogens with one attached hydrogen (secondary N) is 1. The first kappa shape index (κ1) is 14.3. The van der Waals surface area contributed by atoms with Gasteiger partial charge >= 0.3 is 0 Å². The topological polar surface area (TPSA) is 64.3 Å². The Morgan fingerprint density at radius 1 is 1.30 bits per heavy atom. The minimum absolute atomic E-state index is 0.188. The summed E-state index contributed by atoms with van der Waals surface area (Å²) < 4.78 is 19.2. The zero-order chi connectivity index (χ0) is 14.5. The van der Waals surface area contributed by atoms with Gasteiger partial charge in [-0.1, -0.05) is 22.0 Å². The van der Waals surface area contributed by atoms with Crippen molar-refractivity contribution in [3.05, 3.63) is 52.8 Å². The first-order valence-electron chi connectivity index (χ1n) is 5.78. The molecule has 4 nitrogen and oxygen atoms in total. The Morgan fingerprint density at radius 2 is 2.10 bits per heavy atom. The van der Waals surface area contributed by atoms with E-state index in [9.17, 15) is 9.18 Å². The van der Waals surface area contributed by atoms with Crippen LogP contribution in [-0.2, 0) is 4.79 Å². The van der Waals surface area contributed by atoms with Crippen LogP contribution in [0.25, 0.3) is 0 Å². The van der Waals surface area contributed by atoms with E-state index in [-0.39, 0.29) is 12.3 Å². The molecule has 0 atom stereocenters. The predicted molar refractivity (Wildman–Crippen MR) is 79.1 cm³/mol. The highest BCUT2D eigenvalue weighted by Gasteiger charge is 2.07. The number of rotatable bonds is 4. The number of halogens is 2. The van der Waals surface area contributed by atoms with E-state index in [1.807, 2.05) is 6.07 Å². The molecule has 0 radical (unpaired) electrons. The molecule has 0 saturated carbocycles. The Hall–Kier alpha value is -2.08. The number of hydrogen-bond donors (Lipinski definition) is 2. The molecule has 0 unspecified atom stereocenters. The molecular formula is C14H12BrFN2O2. The van der Waals surface area contributed by atoms with E-state index in [1.54, 1.807) is 18.2 Å². The quantitative estimate of drug-likeness (QED) is 0.841. The van der Waals surface area contributed by atoms with Gasteiger partial charge in [-0.25, -0.2) is 4.39 Å². The normalized spacial score (nSPS) is 10.1. The van der Waals surface area contributed by atoms with Crippen molar-refractivity contribution in [3.63, 3.8) is 0 Å². The second-order valence-electron chi connectivity index (χ2n) is 4.03. The Kier molecular flexibility index (Phi) is 4.57. The summed E-state index contributed by atoms with van der Waals surface area (Å²) in [6.07, 6.45) is 0. The van der Waals surface area contributed by atoms with Crippen LogP contribution < -0.4 is 15.8 Å². The van der Waals surface area contributed by atoms with Crippen molar-refractivity contribution in [2.45, 2.75) is 0 Å². The van der Waals surface area contributed by atoms with Gasteiger partial charge in [-0.15, -0.1) is 0 Å². The van der Waals surface area contributed by atoms with Crippen molar-refractivity contribution >= 4 is 33.2 Å². The Labute approximate surface area is 123 Å². The minimum Gasteiger partial charge on any atom is -0.484 e. The summed E-state index contributed by atoms with van der Waals surface area (Å²) in [5, 5.41) is 2.50. The van der Waals surface area contributed by atoms with Crippen LogP contribution >= 0.6 is 15.9 Å². The van der Waals surface area contributed by atoms with Crippen LogP contribution in [0.4, 0.5) is 15.8 Å². The van der Waals surface area contributed by atoms with Gasteiger partial charge in [-0.05, 0) is 36.4 Å². The third kappa shape index (κ3) is 3.96. The zero-order valence-electron chi connectivity index (χ0n) is 10.4. The van der Waals surface area contributed by atoms with Gasteiger partial charge in [-0.2, -0.15) is 0 Å². The summed E-state index contributed by atoms with van der Waals surface area (Å²) in [6, 6.07) is 10.9. The maximum Gasteiger partial charge on any atom is 0.262 e. The second-order valence-corrected chi connectivity index (χ2v) is 4.94. The molecule has 2 aromatic rings. The summed E-state index contributed by atoms with van der Waals surface area (Å²) in [5.74, 6) is -0.327. The number of carbonyl (C=O) groups excluding carboxylic acids is 1.